The predicted octanol–water partition coefficient (Wildman–Crippen LogP) is 2.49. The van der Waals surface area contributed by atoms with E-state index in [4.69, 9.17) is 0 Å². The Balaban J connectivity index is 0.00000161. The molecule has 2 atom stereocenters. The van der Waals surface area contributed by atoms with Crippen LogP contribution in [0.1, 0.15) is 12.8 Å². The molecule has 1 aliphatic rings. The molecule has 2 unspecified atom stereocenters. The second kappa shape index (κ2) is 6.78. The van der Waals surface area contributed by atoms with Crippen LogP contribution in [0.25, 0.3) is 10.2 Å². The molecule has 21 heavy (non-hydrogen) atoms. The molecule has 1 aromatic carbocycles. The molecular weight excluding hydrogens is 334 g/mol. The van der Waals surface area contributed by atoms with Crippen molar-refractivity contribution in [3.05, 3.63) is 28.3 Å². The number of halogens is 1. The number of nitrogens with zero attached hydrogens (tertiary/aromatic N) is 2. The first-order valence-corrected chi connectivity index (χ1v) is 8.44. The lowest BCUT2D eigenvalue weighted by Crippen LogP contribution is -2.27. The van der Waals surface area contributed by atoms with E-state index in [1.807, 2.05) is 0 Å². The van der Waals surface area contributed by atoms with Gasteiger partial charge in [0.05, 0.1) is 25.9 Å². The van der Waals surface area contributed by atoms with E-state index in [1.165, 1.54) is 23.5 Å². The number of nitro groups is 1. The highest BCUT2D eigenvalue weighted by Gasteiger charge is 2.20. The van der Waals surface area contributed by atoms with E-state index < -0.39 is 15.7 Å². The van der Waals surface area contributed by atoms with Gasteiger partial charge in [0.25, 0.3) is 5.69 Å². The summed E-state index contributed by atoms with van der Waals surface area (Å²) in [6.07, 6.45) is 2.16. The minimum absolute atomic E-state index is 0. The number of hydrogen-bond donors (Lipinski definition) is 1. The average molecular weight is 348 g/mol. The van der Waals surface area contributed by atoms with Gasteiger partial charge < -0.3 is 5.32 Å². The SMILES string of the molecule is Cl.O=[N+]([O-])c1ccc2sc(S(=O)CC3CCCN3)nc2c1. The molecule has 0 aliphatic carbocycles. The van der Waals surface area contributed by atoms with Gasteiger partial charge in [-0.05, 0) is 25.5 Å². The lowest BCUT2D eigenvalue weighted by atomic mass is 10.3. The molecule has 2 heterocycles. The molecule has 1 saturated heterocycles. The van der Waals surface area contributed by atoms with Gasteiger partial charge in [0.15, 0.2) is 4.34 Å². The van der Waals surface area contributed by atoms with Crippen LogP contribution in [0, 0.1) is 10.1 Å². The summed E-state index contributed by atoms with van der Waals surface area (Å²) in [6, 6.07) is 4.84. The number of nitro benzene ring substituents is 1. The summed E-state index contributed by atoms with van der Waals surface area (Å²) in [5.74, 6) is 0.557. The molecule has 0 bridgehead atoms. The quantitative estimate of drug-likeness (QED) is 0.678. The molecule has 2 aromatic rings. The Morgan fingerprint density at radius 2 is 2.33 bits per heavy atom. The van der Waals surface area contributed by atoms with Crippen molar-refractivity contribution >= 4 is 50.4 Å². The first kappa shape index (κ1) is 16.3. The summed E-state index contributed by atoms with van der Waals surface area (Å²) < 4.78 is 13.7. The molecule has 6 nitrogen and oxygen atoms in total. The first-order valence-electron chi connectivity index (χ1n) is 6.30. The van der Waals surface area contributed by atoms with Crippen molar-refractivity contribution in [2.24, 2.45) is 0 Å². The van der Waals surface area contributed by atoms with E-state index in [-0.39, 0.29) is 24.1 Å². The summed E-state index contributed by atoms with van der Waals surface area (Å²) in [7, 11) is -1.15. The topological polar surface area (TPSA) is 85.1 Å². The largest absolute Gasteiger partial charge is 0.313 e. The van der Waals surface area contributed by atoms with Crippen LogP contribution < -0.4 is 5.32 Å². The van der Waals surface area contributed by atoms with Crippen LogP contribution in [0.5, 0.6) is 0 Å². The molecule has 0 radical (unpaired) electrons. The summed E-state index contributed by atoms with van der Waals surface area (Å²) in [5.41, 5.74) is 0.560. The monoisotopic (exact) mass is 347 g/mol. The number of fused-ring (bicyclic) bond motifs is 1. The van der Waals surface area contributed by atoms with Gasteiger partial charge in [-0.1, -0.05) is 0 Å². The second-order valence-electron chi connectivity index (χ2n) is 4.69. The normalized spacial score (nSPS) is 19.3. The Hall–Kier alpha value is -1.09. The van der Waals surface area contributed by atoms with Gasteiger partial charge in [-0.15, -0.1) is 23.7 Å². The minimum Gasteiger partial charge on any atom is -0.313 e. The highest BCUT2D eigenvalue weighted by molar-refractivity contribution is 7.87. The van der Waals surface area contributed by atoms with Crippen LogP contribution in [0.3, 0.4) is 0 Å². The van der Waals surface area contributed by atoms with Crippen LogP contribution in [0.2, 0.25) is 0 Å². The van der Waals surface area contributed by atoms with Crippen molar-refractivity contribution in [1.29, 1.82) is 0 Å². The number of rotatable bonds is 4. The van der Waals surface area contributed by atoms with Crippen LogP contribution >= 0.6 is 23.7 Å². The van der Waals surface area contributed by atoms with Crippen molar-refractivity contribution < 1.29 is 9.13 Å². The van der Waals surface area contributed by atoms with E-state index in [0.29, 0.717) is 15.6 Å². The van der Waals surface area contributed by atoms with Gasteiger partial charge in [0.1, 0.15) is 0 Å². The third-order valence-corrected chi connectivity index (χ3v) is 6.10. The van der Waals surface area contributed by atoms with Crippen molar-refractivity contribution in [2.45, 2.75) is 23.2 Å². The highest BCUT2D eigenvalue weighted by Crippen LogP contribution is 2.28. The Morgan fingerprint density at radius 1 is 1.52 bits per heavy atom. The molecule has 1 aromatic heterocycles. The summed E-state index contributed by atoms with van der Waals surface area (Å²) in [6.45, 7) is 0.980. The summed E-state index contributed by atoms with van der Waals surface area (Å²) in [4.78, 5) is 14.6. The van der Waals surface area contributed by atoms with Gasteiger partial charge in [0, 0.05) is 23.9 Å². The van der Waals surface area contributed by atoms with Crippen LogP contribution in [-0.4, -0.2) is 32.5 Å². The smallest absolute Gasteiger partial charge is 0.271 e. The van der Waals surface area contributed by atoms with E-state index in [2.05, 4.69) is 10.3 Å². The molecule has 0 saturated carbocycles. The molecule has 1 fully saturated rings. The molecule has 0 spiro atoms. The van der Waals surface area contributed by atoms with E-state index in [1.54, 1.807) is 6.07 Å². The van der Waals surface area contributed by atoms with Gasteiger partial charge in [0.2, 0.25) is 0 Å². The lowest BCUT2D eigenvalue weighted by Gasteiger charge is -2.07. The zero-order valence-electron chi connectivity index (χ0n) is 11.0. The number of aromatic nitrogens is 1. The number of non-ortho nitro benzene ring substituents is 1. The molecule has 9 heteroatoms. The van der Waals surface area contributed by atoms with Crippen molar-refractivity contribution in [3.8, 4) is 0 Å². The average Bonchev–Trinajstić information content (AvgIpc) is 3.05. The van der Waals surface area contributed by atoms with Gasteiger partial charge in [-0.2, -0.15) is 0 Å². The number of thiazole rings is 1. The fourth-order valence-corrected chi connectivity index (χ4v) is 4.77. The van der Waals surface area contributed by atoms with Crippen molar-refractivity contribution in [1.82, 2.24) is 10.3 Å². The Labute approximate surface area is 134 Å². The maximum Gasteiger partial charge on any atom is 0.271 e. The second-order valence-corrected chi connectivity index (χ2v) is 7.39. The third-order valence-electron chi connectivity index (χ3n) is 3.27. The van der Waals surface area contributed by atoms with Crippen LogP contribution in [-0.2, 0) is 10.8 Å². The molecule has 1 N–H and O–H groups in total. The molecular formula is C12H14ClN3O3S2. The summed E-state index contributed by atoms with van der Waals surface area (Å²) in [5, 5.41) is 14.0. The zero-order valence-corrected chi connectivity index (χ0v) is 13.4. The van der Waals surface area contributed by atoms with Gasteiger partial charge in [-0.25, -0.2) is 4.98 Å². The van der Waals surface area contributed by atoms with E-state index in [0.717, 1.165) is 24.1 Å². The molecule has 114 valence electrons. The van der Waals surface area contributed by atoms with Gasteiger partial charge in [-0.3, -0.25) is 14.3 Å². The van der Waals surface area contributed by atoms with Crippen molar-refractivity contribution in [2.75, 3.05) is 12.3 Å². The van der Waals surface area contributed by atoms with Crippen LogP contribution in [0.15, 0.2) is 22.5 Å². The summed E-state index contributed by atoms with van der Waals surface area (Å²) >= 11 is 1.35. The maximum absolute atomic E-state index is 12.3. The Bertz CT molecular complexity index is 685. The number of nitrogens with one attached hydrogen (secondary N) is 1. The van der Waals surface area contributed by atoms with Crippen LogP contribution in [0.4, 0.5) is 5.69 Å². The minimum atomic E-state index is -1.15. The predicted molar refractivity (Wildman–Crippen MR) is 85.8 cm³/mol. The third kappa shape index (κ3) is 3.57. The lowest BCUT2D eigenvalue weighted by molar-refractivity contribution is -0.384. The zero-order chi connectivity index (χ0) is 14.1. The van der Waals surface area contributed by atoms with Gasteiger partial charge >= 0.3 is 0 Å². The highest BCUT2D eigenvalue weighted by atomic mass is 35.5. The molecule has 0 amide bonds. The van der Waals surface area contributed by atoms with E-state index >= 15 is 0 Å². The molecule has 3 rings (SSSR count). The number of benzene rings is 1. The standard InChI is InChI=1S/C12H13N3O3S2.ClH/c16-15(17)9-3-4-11-10(6-9)14-12(19-11)20(18)7-8-2-1-5-13-8;/h3-4,6,8,13H,1-2,5,7H2;1H. The fraction of sp³-hybridized carbons (Fsp3) is 0.417. The maximum atomic E-state index is 12.3. The number of hydrogen-bond acceptors (Lipinski definition) is 6. The van der Waals surface area contributed by atoms with E-state index in [9.17, 15) is 14.3 Å². The Morgan fingerprint density at radius 3 is 3.00 bits per heavy atom. The Kier molecular flexibility index (Phi) is 5.26. The first-order chi connectivity index (χ1) is 9.63. The van der Waals surface area contributed by atoms with Crippen molar-refractivity contribution in [3.63, 3.8) is 0 Å². The molecule has 1 aliphatic heterocycles. The fourth-order valence-electron chi connectivity index (χ4n) is 2.26.